The smallest absolute Gasteiger partial charge is 0.254 e. The van der Waals surface area contributed by atoms with E-state index in [0.29, 0.717) is 17.9 Å². The van der Waals surface area contributed by atoms with Crippen LogP contribution in [0.5, 0.6) is 5.75 Å². The van der Waals surface area contributed by atoms with E-state index in [-0.39, 0.29) is 11.9 Å². The first-order valence-corrected chi connectivity index (χ1v) is 8.85. The normalized spacial score (nSPS) is 16.0. The van der Waals surface area contributed by atoms with Gasteiger partial charge in [0.15, 0.2) is 0 Å². The van der Waals surface area contributed by atoms with Gasteiger partial charge < -0.3 is 9.64 Å². The van der Waals surface area contributed by atoms with Crippen molar-refractivity contribution in [2.45, 2.75) is 12.5 Å². The molecule has 0 spiro atoms. The molecule has 0 bridgehead atoms. The maximum absolute atomic E-state index is 13.3. The number of benzene rings is 3. The Hall–Kier alpha value is -3.07. The van der Waals surface area contributed by atoms with E-state index in [2.05, 4.69) is 30.3 Å². The molecule has 1 atom stereocenters. The molecule has 1 aliphatic rings. The van der Waals surface area contributed by atoms with E-state index < -0.39 is 0 Å². The molecule has 3 aromatic carbocycles. The summed E-state index contributed by atoms with van der Waals surface area (Å²) < 4.78 is 5.29. The third kappa shape index (κ3) is 2.97. The van der Waals surface area contributed by atoms with E-state index in [1.54, 1.807) is 7.11 Å². The number of carbonyl (C=O) groups excluding carboxylic acids is 1. The number of fused-ring (bicyclic) bond motifs is 1. The average molecular weight is 343 g/mol. The summed E-state index contributed by atoms with van der Waals surface area (Å²) in [4.78, 5) is 15.3. The van der Waals surface area contributed by atoms with Crippen molar-refractivity contribution in [3.8, 4) is 5.75 Å². The first-order valence-electron chi connectivity index (χ1n) is 8.85. The number of amides is 1. The summed E-state index contributed by atoms with van der Waals surface area (Å²) in [5.41, 5.74) is 4.32. The molecule has 3 aromatic rings. The SMILES string of the molecule is COc1cccc(C(=O)N2CCc3ccccc3C2c2ccccc2)c1. The molecule has 0 fully saturated rings. The molecule has 0 saturated heterocycles. The van der Waals surface area contributed by atoms with Gasteiger partial charge in [-0.25, -0.2) is 0 Å². The maximum atomic E-state index is 13.3. The second-order valence-electron chi connectivity index (χ2n) is 6.49. The quantitative estimate of drug-likeness (QED) is 0.701. The van der Waals surface area contributed by atoms with E-state index >= 15 is 0 Å². The minimum atomic E-state index is -0.0696. The highest BCUT2D eigenvalue weighted by atomic mass is 16.5. The number of ether oxygens (including phenoxy) is 1. The Kier molecular flexibility index (Phi) is 4.44. The monoisotopic (exact) mass is 343 g/mol. The van der Waals surface area contributed by atoms with E-state index in [1.807, 2.05) is 53.4 Å². The first kappa shape index (κ1) is 16.4. The van der Waals surface area contributed by atoms with Gasteiger partial charge >= 0.3 is 0 Å². The third-order valence-electron chi connectivity index (χ3n) is 4.98. The third-order valence-corrected chi connectivity index (χ3v) is 4.98. The molecule has 4 rings (SSSR count). The fourth-order valence-electron chi connectivity index (χ4n) is 3.70. The van der Waals surface area contributed by atoms with E-state index in [9.17, 15) is 4.79 Å². The van der Waals surface area contributed by atoms with E-state index in [4.69, 9.17) is 4.74 Å². The summed E-state index contributed by atoms with van der Waals surface area (Å²) in [6, 6.07) is 26.0. The van der Waals surface area contributed by atoms with Crippen molar-refractivity contribution in [2.24, 2.45) is 0 Å². The van der Waals surface area contributed by atoms with Crippen LogP contribution < -0.4 is 4.74 Å². The van der Waals surface area contributed by atoms with Crippen LogP contribution in [0.1, 0.15) is 33.1 Å². The molecule has 0 saturated carbocycles. The molecule has 0 N–H and O–H groups in total. The predicted octanol–water partition coefficient (Wildman–Crippen LogP) is 4.48. The minimum Gasteiger partial charge on any atom is -0.497 e. The van der Waals surface area contributed by atoms with Crippen LogP contribution in [0.25, 0.3) is 0 Å². The molecule has 26 heavy (non-hydrogen) atoms. The fourth-order valence-corrected chi connectivity index (χ4v) is 3.70. The minimum absolute atomic E-state index is 0.0345. The number of hydrogen-bond donors (Lipinski definition) is 0. The highest BCUT2D eigenvalue weighted by Gasteiger charge is 2.32. The Morgan fingerprint density at radius 3 is 2.54 bits per heavy atom. The van der Waals surface area contributed by atoms with Gasteiger partial charge in [-0.1, -0.05) is 60.7 Å². The topological polar surface area (TPSA) is 29.5 Å². The molecule has 1 aliphatic heterocycles. The van der Waals surface area contributed by atoms with Crippen molar-refractivity contribution in [1.29, 1.82) is 0 Å². The van der Waals surface area contributed by atoms with Gasteiger partial charge in [-0.3, -0.25) is 4.79 Å². The highest BCUT2D eigenvalue weighted by Crippen LogP contribution is 2.36. The Morgan fingerprint density at radius 1 is 0.962 bits per heavy atom. The standard InChI is InChI=1S/C23H21NO2/c1-26-20-12-7-11-19(16-20)23(25)24-15-14-17-8-5-6-13-21(17)22(24)18-9-3-2-4-10-18/h2-13,16,22H,14-15H2,1H3. The molecule has 3 heteroatoms. The lowest BCUT2D eigenvalue weighted by molar-refractivity contribution is 0.0694. The van der Waals surface area contributed by atoms with Gasteiger partial charge in [0.2, 0.25) is 0 Å². The van der Waals surface area contributed by atoms with Crippen molar-refractivity contribution < 1.29 is 9.53 Å². The maximum Gasteiger partial charge on any atom is 0.254 e. The van der Waals surface area contributed by atoms with Crippen LogP contribution in [0.4, 0.5) is 0 Å². The number of rotatable bonds is 3. The van der Waals surface area contributed by atoms with E-state index in [1.165, 1.54) is 11.1 Å². The van der Waals surface area contributed by atoms with Gasteiger partial charge in [-0.15, -0.1) is 0 Å². The van der Waals surface area contributed by atoms with Crippen LogP contribution in [0.3, 0.4) is 0 Å². The lowest BCUT2D eigenvalue weighted by atomic mass is 9.88. The van der Waals surface area contributed by atoms with Crippen LogP contribution >= 0.6 is 0 Å². The molecule has 0 aromatic heterocycles. The molecule has 0 aliphatic carbocycles. The van der Waals surface area contributed by atoms with Crippen molar-refractivity contribution >= 4 is 5.91 Å². The Labute approximate surface area is 153 Å². The lowest BCUT2D eigenvalue weighted by Gasteiger charge is -2.38. The van der Waals surface area contributed by atoms with Crippen LogP contribution in [0.2, 0.25) is 0 Å². The summed E-state index contributed by atoms with van der Waals surface area (Å²) >= 11 is 0. The molecule has 1 heterocycles. The van der Waals surface area contributed by atoms with E-state index in [0.717, 1.165) is 12.0 Å². The predicted molar refractivity (Wildman–Crippen MR) is 102 cm³/mol. The first-order chi connectivity index (χ1) is 12.8. The molecule has 130 valence electrons. The van der Waals surface area contributed by atoms with Crippen molar-refractivity contribution in [3.05, 3.63) is 101 Å². The zero-order valence-corrected chi connectivity index (χ0v) is 14.8. The van der Waals surface area contributed by atoms with Gasteiger partial charge in [0.05, 0.1) is 13.2 Å². The summed E-state index contributed by atoms with van der Waals surface area (Å²) in [5.74, 6) is 0.733. The van der Waals surface area contributed by atoms with Crippen LogP contribution in [-0.4, -0.2) is 24.5 Å². The largest absolute Gasteiger partial charge is 0.497 e. The number of carbonyl (C=O) groups is 1. The van der Waals surface area contributed by atoms with Crippen molar-refractivity contribution in [1.82, 2.24) is 4.90 Å². The van der Waals surface area contributed by atoms with Crippen molar-refractivity contribution in [2.75, 3.05) is 13.7 Å². The van der Waals surface area contributed by atoms with Crippen LogP contribution in [0, 0.1) is 0 Å². The van der Waals surface area contributed by atoms with Crippen molar-refractivity contribution in [3.63, 3.8) is 0 Å². The number of nitrogens with zero attached hydrogens (tertiary/aromatic N) is 1. The molecule has 1 amide bonds. The molecule has 0 radical (unpaired) electrons. The highest BCUT2D eigenvalue weighted by molar-refractivity contribution is 5.95. The molecule has 3 nitrogen and oxygen atoms in total. The fraction of sp³-hybridized carbons (Fsp3) is 0.174. The molecular weight excluding hydrogens is 322 g/mol. The van der Waals surface area contributed by atoms with Gasteiger partial charge in [0, 0.05) is 12.1 Å². The summed E-state index contributed by atoms with van der Waals surface area (Å²) in [6.07, 6.45) is 0.870. The number of hydrogen-bond acceptors (Lipinski definition) is 2. The van der Waals surface area contributed by atoms with Gasteiger partial charge in [0.25, 0.3) is 5.91 Å². The molecule has 1 unspecified atom stereocenters. The van der Waals surface area contributed by atoms with Gasteiger partial charge in [-0.05, 0) is 41.3 Å². The summed E-state index contributed by atoms with van der Waals surface area (Å²) in [6.45, 7) is 0.701. The molecular formula is C23H21NO2. The lowest BCUT2D eigenvalue weighted by Crippen LogP contribution is -2.40. The Balaban J connectivity index is 1.78. The van der Waals surface area contributed by atoms with Crippen LogP contribution in [0.15, 0.2) is 78.9 Å². The second-order valence-corrected chi connectivity index (χ2v) is 6.49. The second kappa shape index (κ2) is 7.04. The number of methoxy groups -OCH3 is 1. The van der Waals surface area contributed by atoms with Crippen LogP contribution in [-0.2, 0) is 6.42 Å². The zero-order valence-electron chi connectivity index (χ0n) is 14.8. The van der Waals surface area contributed by atoms with Gasteiger partial charge in [-0.2, -0.15) is 0 Å². The Morgan fingerprint density at radius 2 is 1.73 bits per heavy atom. The van der Waals surface area contributed by atoms with Gasteiger partial charge in [0.1, 0.15) is 5.75 Å². The summed E-state index contributed by atoms with van der Waals surface area (Å²) in [5, 5.41) is 0. The summed E-state index contributed by atoms with van der Waals surface area (Å²) in [7, 11) is 1.62. The zero-order chi connectivity index (χ0) is 17.9. The Bertz CT molecular complexity index is 920. The average Bonchev–Trinajstić information content (AvgIpc) is 2.73.